The van der Waals surface area contributed by atoms with E-state index in [2.05, 4.69) is 9.80 Å². The Morgan fingerprint density at radius 2 is 1.88 bits per heavy atom. The Bertz CT molecular complexity index is 1120. The molecule has 3 aliphatic rings. The van der Waals surface area contributed by atoms with Gasteiger partial charge in [-0.15, -0.1) is 0 Å². The third-order valence-electron chi connectivity index (χ3n) is 9.77. The zero-order chi connectivity index (χ0) is 28.0. The van der Waals surface area contributed by atoms with Crippen LogP contribution in [0.5, 0.6) is 5.75 Å². The molecule has 0 amide bonds. The largest absolute Gasteiger partial charge is 0.497 e. The van der Waals surface area contributed by atoms with Crippen LogP contribution in [0.3, 0.4) is 0 Å². The van der Waals surface area contributed by atoms with Gasteiger partial charge in [-0.2, -0.15) is 0 Å². The Morgan fingerprint density at radius 3 is 2.58 bits per heavy atom. The van der Waals surface area contributed by atoms with Crippen LogP contribution in [0.2, 0.25) is 0 Å². The van der Waals surface area contributed by atoms with Crippen LogP contribution in [0.1, 0.15) is 81.4 Å². The average molecular weight is 554 g/mol. The van der Waals surface area contributed by atoms with Crippen LogP contribution in [-0.4, -0.2) is 84.0 Å². The van der Waals surface area contributed by atoms with Crippen LogP contribution in [0.25, 0.3) is 10.9 Å². The summed E-state index contributed by atoms with van der Waals surface area (Å²) in [5.74, 6) is 0.839. The minimum atomic E-state index is -0.785. The molecule has 8 heteroatoms. The van der Waals surface area contributed by atoms with Crippen molar-refractivity contribution in [3.05, 3.63) is 35.5 Å². The number of ether oxygens (including phenoxy) is 2. The van der Waals surface area contributed by atoms with E-state index in [1.165, 1.54) is 38.5 Å². The van der Waals surface area contributed by atoms with Gasteiger partial charge in [-0.25, -0.2) is 0 Å². The van der Waals surface area contributed by atoms with E-state index in [9.17, 15) is 15.0 Å². The van der Waals surface area contributed by atoms with Gasteiger partial charge in [-0.3, -0.25) is 14.7 Å². The number of likely N-dealkylation sites (tertiary alicyclic amines) is 1. The number of carboxylic acids is 1. The molecule has 1 saturated carbocycles. The number of morpholine rings is 1. The number of methoxy groups -OCH3 is 1. The fourth-order valence-electron chi connectivity index (χ4n) is 7.05. The number of hydrogen-bond donors (Lipinski definition) is 2. The number of aliphatic hydroxyl groups is 1. The molecule has 1 unspecified atom stereocenters. The van der Waals surface area contributed by atoms with Gasteiger partial charge in [0.05, 0.1) is 37.4 Å². The van der Waals surface area contributed by atoms with Crippen molar-refractivity contribution in [1.82, 2.24) is 14.8 Å². The third-order valence-corrected chi connectivity index (χ3v) is 9.77. The molecule has 2 saturated heterocycles. The molecule has 1 aromatic heterocycles. The molecule has 0 bridgehead atoms. The molecule has 1 aliphatic carbocycles. The summed E-state index contributed by atoms with van der Waals surface area (Å²) in [6, 6.07) is 5.75. The predicted octanol–water partition coefficient (Wildman–Crippen LogP) is 5.03. The summed E-state index contributed by atoms with van der Waals surface area (Å²) in [5, 5.41) is 22.9. The maximum absolute atomic E-state index is 12.6. The van der Waals surface area contributed by atoms with Crippen LogP contribution in [0.4, 0.5) is 0 Å². The first-order chi connectivity index (χ1) is 19.5. The molecule has 2 N–H and O–H groups in total. The Morgan fingerprint density at radius 1 is 1.12 bits per heavy atom. The molecule has 5 rings (SSSR count). The Labute approximate surface area is 238 Å². The summed E-state index contributed by atoms with van der Waals surface area (Å²) in [7, 11) is 1.64. The first-order valence-corrected chi connectivity index (χ1v) is 15.4. The SMILES string of the molecule is COc1ccc2ncc(CN3CCOCC3)c(C(O)CCC3(C(=O)O)CCN(CCC4CCCCC4)CC3)c2c1. The van der Waals surface area contributed by atoms with Crippen LogP contribution >= 0.6 is 0 Å². The second kappa shape index (κ2) is 13.6. The number of aliphatic carboxylic acids is 1. The van der Waals surface area contributed by atoms with E-state index in [0.29, 0.717) is 51.2 Å². The predicted molar refractivity (Wildman–Crippen MR) is 156 cm³/mol. The van der Waals surface area contributed by atoms with Gasteiger partial charge < -0.3 is 24.6 Å². The van der Waals surface area contributed by atoms with Gasteiger partial charge in [-0.1, -0.05) is 32.1 Å². The standard InChI is InChI=1S/C32H47N3O5/c1-39-26-7-8-28-27(21-26)30(25(22-33-28)23-35-17-19-40-20-18-35)29(36)9-11-32(31(37)38)12-15-34(16-13-32)14-10-24-5-3-2-4-6-24/h7-8,21-22,24,29,36H,2-6,9-20,23H2,1H3,(H,37,38). The maximum Gasteiger partial charge on any atom is 0.309 e. The van der Waals surface area contributed by atoms with Crippen molar-refractivity contribution < 1.29 is 24.5 Å². The zero-order valence-corrected chi connectivity index (χ0v) is 24.2. The number of carbonyl (C=O) groups is 1. The number of fused-ring (bicyclic) bond motifs is 1. The number of hydrogen-bond acceptors (Lipinski definition) is 7. The smallest absolute Gasteiger partial charge is 0.309 e. The number of piperidine rings is 1. The molecule has 2 aromatic rings. The van der Waals surface area contributed by atoms with Crippen molar-refractivity contribution in [1.29, 1.82) is 0 Å². The highest BCUT2D eigenvalue weighted by Crippen LogP contribution is 2.41. The van der Waals surface area contributed by atoms with E-state index in [1.54, 1.807) is 7.11 Å². The molecule has 3 heterocycles. The summed E-state index contributed by atoms with van der Waals surface area (Å²) in [5.41, 5.74) is 1.85. The zero-order valence-electron chi connectivity index (χ0n) is 24.2. The lowest BCUT2D eigenvalue weighted by molar-refractivity contribution is -0.153. The Kier molecular flexibility index (Phi) is 9.94. The topological polar surface area (TPSA) is 95.4 Å². The maximum atomic E-state index is 12.6. The first kappa shape index (κ1) is 29.2. The lowest BCUT2D eigenvalue weighted by Crippen LogP contribution is -2.45. The number of pyridine rings is 1. The summed E-state index contributed by atoms with van der Waals surface area (Å²) in [6.45, 7) is 6.49. The highest BCUT2D eigenvalue weighted by Gasteiger charge is 2.41. The molecule has 1 atom stereocenters. The van der Waals surface area contributed by atoms with Gasteiger partial charge in [-0.05, 0) is 87.0 Å². The minimum Gasteiger partial charge on any atom is -0.497 e. The molecule has 2 aliphatic heterocycles. The highest BCUT2D eigenvalue weighted by molar-refractivity contribution is 5.85. The van der Waals surface area contributed by atoms with Crippen molar-refractivity contribution in [2.24, 2.45) is 11.3 Å². The quantitative estimate of drug-likeness (QED) is 0.400. The monoisotopic (exact) mass is 553 g/mol. The van der Waals surface area contributed by atoms with E-state index >= 15 is 0 Å². The summed E-state index contributed by atoms with van der Waals surface area (Å²) >= 11 is 0. The molecular weight excluding hydrogens is 506 g/mol. The molecule has 0 radical (unpaired) electrons. The van der Waals surface area contributed by atoms with Crippen LogP contribution in [0.15, 0.2) is 24.4 Å². The molecule has 1 aromatic carbocycles. The lowest BCUT2D eigenvalue weighted by Gasteiger charge is -2.40. The van der Waals surface area contributed by atoms with Crippen molar-refractivity contribution in [2.45, 2.75) is 76.9 Å². The van der Waals surface area contributed by atoms with Crippen molar-refractivity contribution in [2.75, 3.05) is 53.0 Å². The van der Waals surface area contributed by atoms with Gasteiger partial charge >= 0.3 is 5.97 Å². The summed E-state index contributed by atoms with van der Waals surface area (Å²) in [4.78, 5) is 22.1. The van der Waals surface area contributed by atoms with E-state index in [-0.39, 0.29) is 0 Å². The van der Waals surface area contributed by atoms with Crippen LogP contribution in [0, 0.1) is 11.3 Å². The molecule has 8 nitrogen and oxygen atoms in total. The Hall–Kier alpha value is -2.26. The molecular formula is C32H47N3O5. The highest BCUT2D eigenvalue weighted by atomic mass is 16.5. The van der Waals surface area contributed by atoms with Gasteiger partial charge in [0.25, 0.3) is 0 Å². The van der Waals surface area contributed by atoms with Gasteiger partial charge in [0, 0.05) is 31.2 Å². The van der Waals surface area contributed by atoms with Crippen LogP contribution < -0.4 is 4.74 Å². The number of carboxylic acid groups (broad SMARTS) is 1. The number of benzene rings is 1. The van der Waals surface area contributed by atoms with E-state index in [1.807, 2.05) is 24.4 Å². The van der Waals surface area contributed by atoms with Gasteiger partial charge in [0.1, 0.15) is 5.75 Å². The van der Waals surface area contributed by atoms with Crippen molar-refractivity contribution in [3.8, 4) is 5.75 Å². The second-order valence-corrected chi connectivity index (χ2v) is 12.2. The molecule has 220 valence electrons. The molecule has 40 heavy (non-hydrogen) atoms. The molecule has 3 fully saturated rings. The van der Waals surface area contributed by atoms with Crippen LogP contribution in [-0.2, 0) is 16.1 Å². The normalized spacial score (nSPS) is 21.9. The first-order valence-electron chi connectivity index (χ1n) is 15.4. The molecule has 0 spiro atoms. The number of aliphatic hydroxyl groups excluding tert-OH is 1. The average Bonchev–Trinajstić information content (AvgIpc) is 3.00. The second-order valence-electron chi connectivity index (χ2n) is 12.2. The van der Waals surface area contributed by atoms with E-state index < -0.39 is 17.5 Å². The lowest BCUT2D eigenvalue weighted by atomic mass is 9.73. The fourth-order valence-corrected chi connectivity index (χ4v) is 7.05. The summed E-state index contributed by atoms with van der Waals surface area (Å²) in [6.07, 6.45) is 11.3. The van der Waals surface area contributed by atoms with E-state index in [4.69, 9.17) is 14.5 Å². The number of nitrogens with zero attached hydrogens (tertiary/aromatic N) is 3. The van der Waals surface area contributed by atoms with E-state index in [0.717, 1.165) is 60.7 Å². The summed E-state index contributed by atoms with van der Waals surface area (Å²) < 4.78 is 11.0. The van der Waals surface area contributed by atoms with Gasteiger partial charge in [0.2, 0.25) is 0 Å². The van der Waals surface area contributed by atoms with Crippen molar-refractivity contribution in [3.63, 3.8) is 0 Å². The minimum absolute atomic E-state index is 0.404. The van der Waals surface area contributed by atoms with Gasteiger partial charge in [0.15, 0.2) is 0 Å². The number of rotatable bonds is 11. The van der Waals surface area contributed by atoms with Crippen molar-refractivity contribution >= 4 is 16.9 Å². The number of aromatic nitrogens is 1. The Balaban J connectivity index is 1.28. The fraction of sp³-hybridized carbons (Fsp3) is 0.688. The third kappa shape index (κ3) is 6.96.